The summed E-state index contributed by atoms with van der Waals surface area (Å²) in [6.45, 7) is 2.32. The van der Waals surface area contributed by atoms with Crippen LogP contribution >= 0.6 is 15.9 Å². The molecule has 2 rings (SSSR count). The van der Waals surface area contributed by atoms with Crippen molar-refractivity contribution in [1.29, 1.82) is 0 Å². The van der Waals surface area contributed by atoms with E-state index >= 15 is 0 Å². The maximum Gasteiger partial charge on any atom is 0.244 e. The second-order valence-corrected chi connectivity index (χ2v) is 8.14. The summed E-state index contributed by atoms with van der Waals surface area (Å²) in [6, 6.07) is 1.52. The highest BCUT2D eigenvalue weighted by molar-refractivity contribution is 9.10. The van der Waals surface area contributed by atoms with E-state index in [1.54, 1.807) is 0 Å². The first-order chi connectivity index (χ1) is 9.80. The molecule has 1 aromatic carbocycles. The number of halogens is 3. The Labute approximate surface area is 132 Å². The fourth-order valence-electron chi connectivity index (χ4n) is 2.89. The summed E-state index contributed by atoms with van der Waals surface area (Å²) in [5.74, 6) is -1.91. The van der Waals surface area contributed by atoms with Gasteiger partial charge in [0.25, 0.3) is 0 Å². The molecule has 3 nitrogen and oxygen atoms in total. The first kappa shape index (κ1) is 16.8. The van der Waals surface area contributed by atoms with Crippen LogP contribution < -0.4 is 4.72 Å². The van der Waals surface area contributed by atoms with E-state index in [0.717, 1.165) is 38.2 Å². The molecule has 0 radical (unpaired) electrons. The van der Waals surface area contributed by atoms with Gasteiger partial charge in [0, 0.05) is 17.1 Å². The third-order valence-corrected chi connectivity index (χ3v) is 6.65. The smallest absolute Gasteiger partial charge is 0.210 e. The van der Waals surface area contributed by atoms with Crippen LogP contribution in [0.5, 0.6) is 0 Å². The van der Waals surface area contributed by atoms with Crippen molar-refractivity contribution in [3.8, 4) is 0 Å². The van der Waals surface area contributed by atoms with E-state index in [2.05, 4.69) is 20.7 Å². The molecule has 0 heterocycles. The molecule has 0 amide bonds. The average Bonchev–Trinajstić information content (AvgIpc) is 2.84. The van der Waals surface area contributed by atoms with E-state index in [1.165, 1.54) is 0 Å². The molecule has 0 aromatic heterocycles. The standard InChI is InChI=1S/C14H18BrF2NO2S/c1-2-14(5-3-4-6-14)9-18-21(19,20)13-11(15)7-10(16)8-12(13)17/h7-8,18H,2-6,9H2,1H3. The van der Waals surface area contributed by atoms with Crippen LogP contribution in [0.1, 0.15) is 39.0 Å². The summed E-state index contributed by atoms with van der Waals surface area (Å²) >= 11 is 2.92. The van der Waals surface area contributed by atoms with E-state index in [9.17, 15) is 17.2 Å². The largest absolute Gasteiger partial charge is 0.244 e. The molecule has 1 aromatic rings. The van der Waals surface area contributed by atoms with Gasteiger partial charge in [0.1, 0.15) is 16.5 Å². The lowest BCUT2D eigenvalue weighted by Crippen LogP contribution is -2.36. The van der Waals surface area contributed by atoms with Gasteiger partial charge in [0.05, 0.1) is 0 Å². The van der Waals surface area contributed by atoms with Gasteiger partial charge in [-0.25, -0.2) is 21.9 Å². The van der Waals surface area contributed by atoms with Crippen LogP contribution in [-0.4, -0.2) is 15.0 Å². The molecule has 7 heteroatoms. The summed E-state index contributed by atoms with van der Waals surface area (Å²) in [6.07, 6.45) is 5.00. The molecule has 0 spiro atoms. The maximum atomic E-state index is 13.8. The van der Waals surface area contributed by atoms with Crippen molar-refractivity contribution in [1.82, 2.24) is 4.72 Å². The summed E-state index contributed by atoms with van der Waals surface area (Å²) in [4.78, 5) is -0.534. The Morgan fingerprint density at radius 3 is 2.43 bits per heavy atom. The minimum absolute atomic E-state index is 0.0456. The van der Waals surface area contributed by atoms with Gasteiger partial charge in [-0.3, -0.25) is 0 Å². The zero-order valence-corrected chi connectivity index (χ0v) is 14.2. The zero-order valence-electron chi connectivity index (χ0n) is 11.8. The van der Waals surface area contributed by atoms with Crippen molar-refractivity contribution >= 4 is 26.0 Å². The van der Waals surface area contributed by atoms with Gasteiger partial charge in [0.2, 0.25) is 10.0 Å². The molecule has 1 aliphatic rings. The number of hydrogen-bond acceptors (Lipinski definition) is 2. The Morgan fingerprint density at radius 2 is 1.90 bits per heavy atom. The van der Waals surface area contributed by atoms with Crippen molar-refractivity contribution in [3.63, 3.8) is 0 Å². The molecule has 21 heavy (non-hydrogen) atoms. The summed E-state index contributed by atoms with van der Waals surface area (Å²) in [5, 5.41) is 0. The highest BCUT2D eigenvalue weighted by Crippen LogP contribution is 2.40. The monoisotopic (exact) mass is 381 g/mol. The normalized spacial score (nSPS) is 18.1. The van der Waals surface area contributed by atoms with Crippen LogP contribution in [0.25, 0.3) is 0 Å². The first-order valence-electron chi connectivity index (χ1n) is 6.94. The van der Waals surface area contributed by atoms with Crippen molar-refractivity contribution < 1.29 is 17.2 Å². The first-order valence-corrected chi connectivity index (χ1v) is 9.21. The van der Waals surface area contributed by atoms with Crippen LogP contribution in [0.4, 0.5) is 8.78 Å². The van der Waals surface area contributed by atoms with E-state index in [1.807, 2.05) is 6.92 Å². The van der Waals surface area contributed by atoms with E-state index in [4.69, 9.17) is 0 Å². The third kappa shape index (κ3) is 3.63. The van der Waals surface area contributed by atoms with Gasteiger partial charge in [0.15, 0.2) is 0 Å². The number of rotatable bonds is 5. The molecule has 1 saturated carbocycles. The predicted octanol–water partition coefficient (Wildman–Crippen LogP) is 3.98. The second-order valence-electron chi connectivity index (χ2n) is 5.58. The maximum absolute atomic E-state index is 13.8. The van der Waals surface area contributed by atoms with Gasteiger partial charge in [-0.2, -0.15) is 0 Å². The summed E-state index contributed by atoms with van der Waals surface area (Å²) in [7, 11) is -4.01. The van der Waals surface area contributed by atoms with E-state index in [0.29, 0.717) is 6.07 Å². The minimum atomic E-state index is -4.01. The SMILES string of the molecule is CCC1(CNS(=O)(=O)c2c(F)cc(F)cc2Br)CCCC1. The predicted molar refractivity (Wildman–Crippen MR) is 80.4 cm³/mol. The summed E-state index contributed by atoms with van der Waals surface area (Å²) in [5.41, 5.74) is -0.0456. The molecule has 0 saturated heterocycles. The Morgan fingerprint density at radius 1 is 1.29 bits per heavy atom. The highest BCUT2D eigenvalue weighted by Gasteiger charge is 2.34. The van der Waals surface area contributed by atoms with E-state index < -0.39 is 26.6 Å². The van der Waals surface area contributed by atoms with Gasteiger partial charge in [-0.15, -0.1) is 0 Å². The number of benzene rings is 1. The van der Waals surface area contributed by atoms with Crippen LogP contribution in [0.3, 0.4) is 0 Å². The number of sulfonamides is 1. The Kier molecular flexibility index (Phi) is 5.05. The lowest BCUT2D eigenvalue weighted by molar-refractivity contribution is 0.285. The topological polar surface area (TPSA) is 46.2 Å². The minimum Gasteiger partial charge on any atom is -0.210 e. The van der Waals surface area contributed by atoms with Gasteiger partial charge in [-0.1, -0.05) is 19.8 Å². The highest BCUT2D eigenvalue weighted by atomic mass is 79.9. The van der Waals surface area contributed by atoms with Gasteiger partial charge in [-0.05, 0) is 46.7 Å². The average molecular weight is 382 g/mol. The molecular formula is C14H18BrF2NO2S. The molecule has 1 fully saturated rings. The van der Waals surface area contributed by atoms with Crippen molar-refractivity contribution in [2.24, 2.45) is 5.41 Å². The van der Waals surface area contributed by atoms with E-state index in [-0.39, 0.29) is 16.4 Å². The molecule has 1 N–H and O–H groups in total. The molecule has 118 valence electrons. The lowest BCUT2D eigenvalue weighted by Gasteiger charge is -2.27. The molecule has 0 unspecified atom stereocenters. The van der Waals surface area contributed by atoms with Crippen LogP contribution in [0, 0.1) is 17.0 Å². The molecule has 1 aliphatic carbocycles. The molecular weight excluding hydrogens is 364 g/mol. The molecule has 0 atom stereocenters. The molecule has 0 bridgehead atoms. The Balaban J connectivity index is 2.23. The fourth-order valence-corrected chi connectivity index (χ4v) is 5.21. The van der Waals surface area contributed by atoms with Crippen LogP contribution in [0.2, 0.25) is 0 Å². The summed E-state index contributed by atoms with van der Waals surface area (Å²) < 4.78 is 53.8. The van der Waals surface area contributed by atoms with Crippen molar-refractivity contribution in [2.75, 3.05) is 6.54 Å². The van der Waals surface area contributed by atoms with Gasteiger partial charge < -0.3 is 0 Å². The van der Waals surface area contributed by atoms with Crippen molar-refractivity contribution in [3.05, 3.63) is 28.2 Å². The second kappa shape index (κ2) is 6.30. The van der Waals surface area contributed by atoms with Gasteiger partial charge >= 0.3 is 0 Å². The fraction of sp³-hybridized carbons (Fsp3) is 0.571. The van der Waals surface area contributed by atoms with Crippen molar-refractivity contribution in [2.45, 2.75) is 43.9 Å². The third-order valence-electron chi connectivity index (χ3n) is 4.28. The number of hydrogen-bond donors (Lipinski definition) is 1. The molecule has 0 aliphatic heterocycles. The van der Waals surface area contributed by atoms with Crippen LogP contribution in [0.15, 0.2) is 21.5 Å². The van der Waals surface area contributed by atoms with Crippen LogP contribution in [-0.2, 0) is 10.0 Å². The lowest BCUT2D eigenvalue weighted by atomic mass is 9.84. The Hall–Kier alpha value is -0.530. The zero-order chi connectivity index (χ0) is 15.7. The Bertz CT molecular complexity index is 605. The number of nitrogens with one attached hydrogen (secondary N) is 1. The quantitative estimate of drug-likeness (QED) is 0.838.